The van der Waals surface area contributed by atoms with Crippen LogP contribution < -0.4 is 26.7 Å². The summed E-state index contributed by atoms with van der Waals surface area (Å²) in [5, 5.41) is 10.5. The molecule has 0 aromatic heterocycles. The topological polar surface area (TPSA) is 77.6 Å². The summed E-state index contributed by atoms with van der Waals surface area (Å²) in [5.74, 6) is 0.487. The van der Waals surface area contributed by atoms with Crippen LogP contribution in [0.4, 0.5) is 4.39 Å². The molecule has 0 bridgehead atoms. The third kappa shape index (κ3) is 7.15. The van der Waals surface area contributed by atoms with Crippen molar-refractivity contribution in [2.75, 3.05) is 6.61 Å². The average molecular weight is 440 g/mol. The minimum absolute atomic E-state index is 0. The van der Waals surface area contributed by atoms with Gasteiger partial charge >= 0.3 is 0 Å². The number of halogens is 1. The summed E-state index contributed by atoms with van der Waals surface area (Å²) in [7, 11) is 0. The van der Waals surface area contributed by atoms with Gasteiger partial charge in [0.15, 0.2) is 0 Å². The number of phenols is 1. The Morgan fingerprint density at radius 2 is 1.81 bits per heavy atom. The number of phenolic OH excluding ortho intramolecular Hbond substituents is 1. The molecule has 2 aromatic carbocycles. The van der Waals surface area contributed by atoms with E-state index in [1.54, 1.807) is 18.2 Å². The van der Waals surface area contributed by atoms with Crippen molar-refractivity contribution in [3.8, 4) is 22.6 Å². The Morgan fingerprint density at radius 3 is 2.48 bits per heavy atom. The molecule has 3 rings (SSSR count). The van der Waals surface area contributed by atoms with Gasteiger partial charge in [-0.3, -0.25) is 0 Å². The summed E-state index contributed by atoms with van der Waals surface area (Å²) in [6.07, 6.45) is 5.18. The molecule has 0 unspecified atom stereocenters. The van der Waals surface area contributed by atoms with E-state index in [-0.39, 0.29) is 52.7 Å². The van der Waals surface area contributed by atoms with Gasteiger partial charge in [0.2, 0.25) is 0 Å². The van der Waals surface area contributed by atoms with E-state index in [1.165, 1.54) is 12.1 Å². The molecule has 0 aliphatic carbocycles. The molecular formula is C23H33FN4NaO2. The van der Waals surface area contributed by atoms with E-state index >= 15 is 0 Å². The van der Waals surface area contributed by atoms with E-state index in [4.69, 9.17) is 4.74 Å². The minimum Gasteiger partial charge on any atom is -0.507 e. The third-order valence-corrected chi connectivity index (χ3v) is 5.70. The number of aromatic hydroxyl groups is 1. The number of nitrogens with one attached hydrogen (secondary N) is 4. The number of aryl methyl sites for hydroxylation is 1. The first-order valence-electron chi connectivity index (χ1n) is 10.7. The van der Waals surface area contributed by atoms with Gasteiger partial charge in [0, 0.05) is 41.2 Å². The van der Waals surface area contributed by atoms with Gasteiger partial charge in [-0.15, -0.1) is 0 Å². The van der Waals surface area contributed by atoms with Gasteiger partial charge in [-0.1, -0.05) is 45.7 Å². The van der Waals surface area contributed by atoms with E-state index in [0.717, 1.165) is 37.7 Å². The molecule has 0 spiro atoms. The predicted octanol–water partition coefficient (Wildman–Crippen LogP) is 3.79. The van der Waals surface area contributed by atoms with E-state index in [9.17, 15) is 9.50 Å². The number of rotatable bonds is 10. The van der Waals surface area contributed by atoms with Crippen molar-refractivity contribution in [1.29, 1.82) is 0 Å². The number of hydrazine groups is 3. The SMILES string of the molecule is CCc1cc(-c2cccc(F)c2)c(O)cc1OCCCCCC(C)(C)C1NNNN1.[Na]. The molecule has 165 valence electrons. The fourth-order valence-corrected chi connectivity index (χ4v) is 3.74. The molecule has 1 aliphatic rings. The molecule has 0 amide bonds. The number of hydrogen-bond acceptors (Lipinski definition) is 6. The summed E-state index contributed by atoms with van der Waals surface area (Å²) in [5.41, 5.74) is 14.5. The largest absolute Gasteiger partial charge is 0.507 e. The number of benzene rings is 2. The molecule has 5 N–H and O–H groups in total. The fraction of sp³-hybridized carbons (Fsp3) is 0.478. The summed E-state index contributed by atoms with van der Waals surface area (Å²) in [6, 6.07) is 9.81. The maximum absolute atomic E-state index is 13.6. The Hall–Kier alpha value is -1.19. The molecule has 31 heavy (non-hydrogen) atoms. The van der Waals surface area contributed by atoms with Gasteiger partial charge in [-0.25, -0.2) is 15.2 Å². The quantitative estimate of drug-likeness (QED) is 0.286. The van der Waals surface area contributed by atoms with E-state index in [2.05, 4.69) is 35.8 Å². The first-order valence-corrected chi connectivity index (χ1v) is 10.7. The normalized spacial score (nSPS) is 14.5. The van der Waals surface area contributed by atoms with Crippen LogP contribution in [0.2, 0.25) is 0 Å². The molecule has 1 radical (unpaired) electrons. The average Bonchev–Trinajstić information content (AvgIpc) is 3.26. The molecule has 0 saturated carbocycles. The Kier molecular flexibility index (Phi) is 10.2. The molecular weight excluding hydrogens is 406 g/mol. The van der Waals surface area contributed by atoms with Crippen LogP contribution in [0.25, 0.3) is 11.1 Å². The Balaban J connectivity index is 0.00000341. The maximum atomic E-state index is 13.6. The van der Waals surface area contributed by atoms with E-state index < -0.39 is 0 Å². The van der Waals surface area contributed by atoms with Crippen molar-refractivity contribution < 1.29 is 14.2 Å². The molecule has 1 aliphatic heterocycles. The predicted molar refractivity (Wildman–Crippen MR) is 123 cm³/mol. The van der Waals surface area contributed by atoms with Crippen LogP contribution in [-0.2, 0) is 6.42 Å². The summed E-state index contributed by atoms with van der Waals surface area (Å²) in [6.45, 7) is 7.12. The molecule has 6 nitrogen and oxygen atoms in total. The number of ether oxygens (including phenoxy) is 1. The molecule has 2 aromatic rings. The van der Waals surface area contributed by atoms with Crippen LogP contribution in [-0.4, -0.2) is 47.4 Å². The first-order chi connectivity index (χ1) is 14.4. The molecule has 1 saturated heterocycles. The smallest absolute Gasteiger partial charge is 0.127 e. The number of hydrogen-bond donors (Lipinski definition) is 5. The van der Waals surface area contributed by atoms with Gasteiger partial charge in [0.05, 0.1) is 12.8 Å². The second kappa shape index (κ2) is 12.2. The monoisotopic (exact) mass is 439 g/mol. The van der Waals surface area contributed by atoms with Crippen molar-refractivity contribution >= 4 is 29.6 Å². The van der Waals surface area contributed by atoms with Gasteiger partial charge in [-0.05, 0) is 54.0 Å². The van der Waals surface area contributed by atoms with E-state index in [0.29, 0.717) is 23.5 Å². The fourth-order valence-electron chi connectivity index (χ4n) is 3.74. The van der Waals surface area contributed by atoms with Gasteiger partial charge in [0.1, 0.15) is 17.3 Å². The zero-order valence-electron chi connectivity index (χ0n) is 19.0. The maximum Gasteiger partial charge on any atom is 0.127 e. The Labute approximate surface area is 206 Å². The van der Waals surface area contributed by atoms with Crippen molar-refractivity contribution in [2.24, 2.45) is 5.41 Å². The molecule has 8 heteroatoms. The van der Waals surface area contributed by atoms with Crippen molar-refractivity contribution in [1.82, 2.24) is 21.9 Å². The van der Waals surface area contributed by atoms with Crippen molar-refractivity contribution in [2.45, 2.75) is 59.0 Å². The minimum atomic E-state index is -0.319. The molecule has 1 fully saturated rings. The van der Waals surface area contributed by atoms with Gasteiger partial charge in [0.25, 0.3) is 0 Å². The van der Waals surface area contributed by atoms with Crippen LogP contribution in [0, 0.1) is 11.2 Å². The van der Waals surface area contributed by atoms with Crippen molar-refractivity contribution in [3.63, 3.8) is 0 Å². The summed E-state index contributed by atoms with van der Waals surface area (Å²) in [4.78, 5) is 0. The second-order valence-corrected chi connectivity index (χ2v) is 8.46. The van der Waals surface area contributed by atoms with Crippen LogP contribution in [0.5, 0.6) is 11.5 Å². The zero-order valence-corrected chi connectivity index (χ0v) is 21.0. The first kappa shape index (κ1) is 26.1. The van der Waals surface area contributed by atoms with Crippen LogP contribution in [0.3, 0.4) is 0 Å². The third-order valence-electron chi connectivity index (χ3n) is 5.70. The molecule has 1 heterocycles. The summed E-state index contributed by atoms with van der Waals surface area (Å²) < 4.78 is 19.5. The van der Waals surface area contributed by atoms with E-state index in [1.807, 2.05) is 13.0 Å². The van der Waals surface area contributed by atoms with Crippen LogP contribution in [0.1, 0.15) is 52.0 Å². The van der Waals surface area contributed by atoms with Gasteiger partial charge in [-0.2, -0.15) is 11.1 Å². The Bertz CT molecular complexity index is 844. The molecule has 0 atom stereocenters. The Morgan fingerprint density at radius 1 is 1.06 bits per heavy atom. The van der Waals surface area contributed by atoms with Crippen LogP contribution in [0.15, 0.2) is 36.4 Å². The summed E-state index contributed by atoms with van der Waals surface area (Å²) >= 11 is 0. The van der Waals surface area contributed by atoms with Gasteiger partial charge < -0.3 is 9.84 Å². The second-order valence-electron chi connectivity index (χ2n) is 8.46. The van der Waals surface area contributed by atoms with Crippen molar-refractivity contribution in [3.05, 3.63) is 47.8 Å². The standard InChI is InChI=1S/C23H33FN4O2.Na/c1-4-16-14-19(17-9-8-10-18(24)13-17)20(29)15-21(16)30-12-7-5-6-11-23(2,3)22-25-27-28-26-22;/h8-10,13-15,22,25-29H,4-7,11-12H2,1-3H3;. The number of unbranched alkanes of at least 4 members (excludes halogenated alkanes) is 2. The zero-order chi connectivity index (χ0) is 21.6. The van der Waals surface area contributed by atoms with Crippen LogP contribution >= 0.6 is 0 Å².